The van der Waals surface area contributed by atoms with Crippen LogP contribution in [0.15, 0.2) is 60.7 Å². The average Bonchev–Trinajstić information content (AvgIpc) is 3.22. The fraction of sp³-hybridized carbons (Fsp3) is 0.467. The molecule has 0 bridgehead atoms. The van der Waals surface area contributed by atoms with Crippen molar-refractivity contribution in [3.63, 3.8) is 0 Å². The number of aromatic nitrogens is 1. The summed E-state index contributed by atoms with van der Waals surface area (Å²) < 4.78 is 2.05. The molecule has 5 heteroatoms. The van der Waals surface area contributed by atoms with Gasteiger partial charge in [-0.25, -0.2) is 0 Å². The summed E-state index contributed by atoms with van der Waals surface area (Å²) in [6.07, 6.45) is 8.12. The molecule has 5 nitrogen and oxygen atoms in total. The average molecular weight is 472 g/mol. The van der Waals surface area contributed by atoms with Crippen molar-refractivity contribution < 1.29 is 9.59 Å². The second-order valence-electron chi connectivity index (χ2n) is 10.7. The molecule has 1 saturated carbocycles. The minimum Gasteiger partial charge on any atom is -0.351 e. The van der Waals surface area contributed by atoms with E-state index in [0.29, 0.717) is 18.8 Å². The topological polar surface area (TPSA) is 54.3 Å². The van der Waals surface area contributed by atoms with Crippen LogP contribution in [0.4, 0.5) is 0 Å². The number of nitrogens with zero attached hydrogens (tertiary/aromatic N) is 2. The molecule has 0 unspecified atom stereocenters. The third-order valence-corrected chi connectivity index (χ3v) is 8.09. The molecule has 1 fully saturated rings. The summed E-state index contributed by atoms with van der Waals surface area (Å²) in [6.45, 7) is 5.05. The summed E-state index contributed by atoms with van der Waals surface area (Å²) in [5.41, 5.74) is 1.89. The number of benzene rings is 2. The van der Waals surface area contributed by atoms with Gasteiger partial charge in [-0.05, 0) is 43.4 Å². The summed E-state index contributed by atoms with van der Waals surface area (Å²) in [7, 11) is 0. The van der Waals surface area contributed by atoms with Crippen LogP contribution >= 0.6 is 0 Å². The minimum atomic E-state index is -0.961. The molecule has 0 saturated heterocycles. The van der Waals surface area contributed by atoms with Crippen LogP contribution < -0.4 is 5.32 Å². The maximum Gasteiger partial charge on any atom is 0.271 e. The maximum absolute atomic E-state index is 14.0. The summed E-state index contributed by atoms with van der Waals surface area (Å²) in [4.78, 5) is 29.8. The highest BCUT2D eigenvalue weighted by Gasteiger charge is 2.48. The van der Waals surface area contributed by atoms with Gasteiger partial charge in [0.25, 0.3) is 5.91 Å². The summed E-state index contributed by atoms with van der Waals surface area (Å²) in [6, 6.07) is 20.5. The molecule has 184 valence electrons. The Kier molecular flexibility index (Phi) is 6.68. The van der Waals surface area contributed by atoms with Gasteiger partial charge in [-0.3, -0.25) is 9.59 Å². The molecule has 1 N–H and O–H groups in total. The van der Waals surface area contributed by atoms with E-state index >= 15 is 0 Å². The number of para-hydroxylation sites is 1. The number of nitrogens with one attached hydrogen (secondary N) is 1. The number of carbonyl (C=O) groups is 2. The first kappa shape index (κ1) is 23.7. The van der Waals surface area contributed by atoms with Crippen LogP contribution in [-0.4, -0.2) is 39.4 Å². The van der Waals surface area contributed by atoms with E-state index in [1.807, 2.05) is 60.4 Å². The quantitative estimate of drug-likeness (QED) is 0.505. The lowest BCUT2D eigenvalue weighted by molar-refractivity contribution is -0.133. The van der Waals surface area contributed by atoms with Crippen LogP contribution in [0.5, 0.6) is 0 Å². The van der Waals surface area contributed by atoms with E-state index in [2.05, 4.69) is 28.9 Å². The van der Waals surface area contributed by atoms with E-state index in [1.54, 1.807) is 0 Å². The first-order valence-corrected chi connectivity index (χ1v) is 13.2. The lowest BCUT2D eigenvalue weighted by atomic mass is 9.90. The molecule has 1 aliphatic carbocycles. The molecule has 2 aromatic carbocycles. The second-order valence-corrected chi connectivity index (χ2v) is 10.7. The van der Waals surface area contributed by atoms with Gasteiger partial charge in [0.05, 0.1) is 6.54 Å². The molecular weight excluding hydrogens is 434 g/mol. The molecule has 3 aromatic rings. The summed E-state index contributed by atoms with van der Waals surface area (Å²) in [5.74, 6) is 0.0234. The fourth-order valence-corrected chi connectivity index (χ4v) is 5.89. The molecule has 2 atom stereocenters. The first-order valence-electron chi connectivity index (χ1n) is 13.2. The number of hydrogen-bond acceptors (Lipinski definition) is 2. The van der Waals surface area contributed by atoms with E-state index in [-0.39, 0.29) is 23.8 Å². The lowest BCUT2D eigenvalue weighted by Gasteiger charge is -2.45. The predicted octanol–water partition coefficient (Wildman–Crippen LogP) is 5.89. The normalized spacial score (nSPS) is 22.3. The molecular formula is C30H37N3O2. The van der Waals surface area contributed by atoms with Crippen LogP contribution in [0.2, 0.25) is 0 Å². The fourth-order valence-electron chi connectivity index (χ4n) is 5.89. The van der Waals surface area contributed by atoms with E-state index in [4.69, 9.17) is 0 Å². The third kappa shape index (κ3) is 4.61. The molecule has 35 heavy (non-hydrogen) atoms. The van der Waals surface area contributed by atoms with Crippen molar-refractivity contribution >= 4 is 22.7 Å². The highest BCUT2D eigenvalue weighted by molar-refractivity contribution is 6.03. The van der Waals surface area contributed by atoms with Crippen molar-refractivity contribution in [3.05, 3.63) is 71.9 Å². The Hall–Kier alpha value is -3.08. The van der Waals surface area contributed by atoms with Gasteiger partial charge in [-0.15, -0.1) is 0 Å². The molecule has 5 rings (SSSR count). The van der Waals surface area contributed by atoms with Crippen molar-refractivity contribution in [2.75, 3.05) is 6.54 Å². The first-order chi connectivity index (χ1) is 17.0. The van der Waals surface area contributed by atoms with Gasteiger partial charge in [0, 0.05) is 23.5 Å². The zero-order chi connectivity index (χ0) is 24.4. The summed E-state index contributed by atoms with van der Waals surface area (Å²) in [5, 5.41) is 4.42. The van der Waals surface area contributed by atoms with E-state index in [1.165, 1.54) is 24.8 Å². The molecule has 1 aromatic heterocycles. The van der Waals surface area contributed by atoms with E-state index < -0.39 is 5.54 Å². The third-order valence-electron chi connectivity index (χ3n) is 8.09. The minimum absolute atomic E-state index is 0.0277. The molecule has 0 radical (unpaired) electrons. The Labute approximate surface area is 208 Å². The zero-order valence-electron chi connectivity index (χ0n) is 21.0. The standard InChI is InChI=1S/C30H37N3O2/c1-22(23-13-7-6-8-14-23)20-33-28(34)27-19-24-15-11-12-18-26(24)32(27)21-30(33,2)29(35)31-25-16-9-4-3-5-10-17-25/h6-8,11-15,18-19,22,25H,3-5,9-10,16-17,20-21H2,1-2H3,(H,31,35)/t22-,30+/m0/s1. The van der Waals surface area contributed by atoms with Gasteiger partial charge in [0.1, 0.15) is 11.2 Å². The number of rotatable bonds is 5. The van der Waals surface area contributed by atoms with Crippen molar-refractivity contribution in [3.8, 4) is 0 Å². The monoisotopic (exact) mass is 471 g/mol. The van der Waals surface area contributed by atoms with Crippen LogP contribution in [0.1, 0.15) is 80.8 Å². The number of carbonyl (C=O) groups excluding carboxylic acids is 2. The molecule has 1 aliphatic heterocycles. The van der Waals surface area contributed by atoms with Crippen molar-refractivity contribution in [2.24, 2.45) is 0 Å². The Morgan fingerprint density at radius 2 is 1.66 bits per heavy atom. The van der Waals surface area contributed by atoms with Gasteiger partial charge in [0.15, 0.2) is 0 Å². The lowest BCUT2D eigenvalue weighted by Crippen LogP contribution is -2.65. The van der Waals surface area contributed by atoms with Gasteiger partial charge in [-0.1, -0.05) is 87.6 Å². The van der Waals surface area contributed by atoms with Gasteiger partial charge < -0.3 is 14.8 Å². The number of hydrogen-bond donors (Lipinski definition) is 1. The van der Waals surface area contributed by atoms with Crippen molar-refractivity contribution in [1.82, 2.24) is 14.8 Å². The zero-order valence-corrected chi connectivity index (χ0v) is 21.0. The number of amides is 2. The van der Waals surface area contributed by atoms with E-state index in [9.17, 15) is 9.59 Å². The van der Waals surface area contributed by atoms with Gasteiger partial charge in [0.2, 0.25) is 5.91 Å². The SMILES string of the molecule is C[C@@H](CN1C(=O)c2cc3ccccc3n2C[C@]1(C)C(=O)NC1CCCCCCC1)c1ccccc1. The Balaban J connectivity index is 1.49. The Bertz CT molecular complexity index is 1190. The molecule has 2 aliphatic rings. The molecule has 0 spiro atoms. The maximum atomic E-state index is 14.0. The van der Waals surface area contributed by atoms with Crippen LogP contribution in [0.25, 0.3) is 10.9 Å². The second kappa shape index (κ2) is 9.88. The van der Waals surface area contributed by atoms with Crippen LogP contribution in [0, 0.1) is 0 Å². The van der Waals surface area contributed by atoms with E-state index in [0.717, 1.165) is 36.6 Å². The van der Waals surface area contributed by atoms with Crippen LogP contribution in [0.3, 0.4) is 0 Å². The highest BCUT2D eigenvalue weighted by atomic mass is 16.2. The predicted molar refractivity (Wildman–Crippen MR) is 140 cm³/mol. The van der Waals surface area contributed by atoms with Gasteiger partial charge in [-0.2, -0.15) is 0 Å². The highest BCUT2D eigenvalue weighted by Crippen LogP contribution is 2.34. The van der Waals surface area contributed by atoms with Crippen LogP contribution in [-0.2, 0) is 11.3 Å². The summed E-state index contributed by atoms with van der Waals surface area (Å²) >= 11 is 0. The van der Waals surface area contributed by atoms with Gasteiger partial charge >= 0.3 is 0 Å². The number of fused-ring (bicyclic) bond motifs is 3. The molecule has 2 heterocycles. The van der Waals surface area contributed by atoms with Crippen molar-refractivity contribution in [2.45, 2.75) is 82.8 Å². The Morgan fingerprint density at radius 1 is 1.00 bits per heavy atom. The van der Waals surface area contributed by atoms with Crippen molar-refractivity contribution in [1.29, 1.82) is 0 Å². The largest absolute Gasteiger partial charge is 0.351 e. The Morgan fingerprint density at radius 3 is 2.40 bits per heavy atom. The smallest absolute Gasteiger partial charge is 0.271 e. The molecule has 2 amide bonds.